The number of amides is 4. The second-order valence-electron chi connectivity index (χ2n) is 8.04. The van der Waals surface area contributed by atoms with E-state index in [4.69, 9.17) is 5.84 Å². The van der Waals surface area contributed by atoms with Crippen LogP contribution in [0, 0.1) is 11.3 Å². The number of benzene rings is 1. The highest BCUT2D eigenvalue weighted by Gasteiger charge is 2.46. The largest absolute Gasteiger partial charge is 0.433 e. The van der Waals surface area contributed by atoms with E-state index in [2.05, 4.69) is 4.98 Å². The number of likely N-dealkylation sites (N-methyl/N-ethyl adjacent to an activating group) is 1. The summed E-state index contributed by atoms with van der Waals surface area (Å²) in [6.07, 6.45) is -3.70. The normalized spacial score (nSPS) is 17.7. The molecular weight excluding hydrogens is 481 g/mol. The Morgan fingerprint density at radius 3 is 2.61 bits per heavy atom. The van der Waals surface area contributed by atoms with Crippen molar-refractivity contribution < 1.29 is 32.3 Å². The number of ketones is 1. The van der Waals surface area contributed by atoms with Gasteiger partial charge in [-0.25, -0.2) is 15.6 Å². The van der Waals surface area contributed by atoms with Gasteiger partial charge in [0.2, 0.25) is 6.41 Å². The first kappa shape index (κ1) is 24.6. The maximum absolute atomic E-state index is 13.5. The second-order valence-corrected chi connectivity index (χ2v) is 8.04. The van der Waals surface area contributed by atoms with Gasteiger partial charge in [0.1, 0.15) is 5.69 Å². The topological polar surface area (TPSA) is 141 Å². The first-order valence-electron chi connectivity index (χ1n) is 10.4. The molecule has 184 valence electrons. The van der Waals surface area contributed by atoms with E-state index in [0.717, 1.165) is 16.0 Å². The van der Waals surface area contributed by atoms with Gasteiger partial charge < -0.3 is 4.90 Å². The average Bonchev–Trinajstić information content (AvgIpc) is 3.23. The first-order chi connectivity index (χ1) is 17.0. The molecule has 1 aliphatic heterocycles. The van der Waals surface area contributed by atoms with Gasteiger partial charge >= 0.3 is 12.2 Å². The van der Waals surface area contributed by atoms with Crippen LogP contribution in [0.2, 0.25) is 0 Å². The van der Waals surface area contributed by atoms with Gasteiger partial charge in [0, 0.05) is 36.5 Å². The molecule has 1 aromatic heterocycles. The molecule has 13 heteroatoms. The fourth-order valence-corrected chi connectivity index (χ4v) is 4.36. The van der Waals surface area contributed by atoms with E-state index >= 15 is 0 Å². The monoisotopic (exact) mass is 498 g/mol. The number of nitriles is 1. The molecule has 1 aromatic carbocycles. The number of Topliss-reactive ketones (excluding diaryl/α,β-unsaturated/α-hetero) is 1. The second kappa shape index (κ2) is 8.90. The van der Waals surface area contributed by atoms with Crippen molar-refractivity contribution >= 4 is 29.8 Å². The van der Waals surface area contributed by atoms with Crippen LogP contribution in [0.15, 0.2) is 47.8 Å². The van der Waals surface area contributed by atoms with Crippen molar-refractivity contribution in [2.75, 3.05) is 11.9 Å². The molecule has 0 saturated carbocycles. The number of nitrogens with zero attached hydrogens (tertiary/aromatic N) is 5. The molecule has 1 atom stereocenters. The van der Waals surface area contributed by atoms with E-state index in [9.17, 15) is 37.6 Å². The number of hydrogen-bond donors (Lipinski definition) is 1. The highest BCUT2D eigenvalue weighted by molar-refractivity contribution is 6.09. The number of nitrogens with two attached hydrogens (primary N) is 1. The molecule has 2 aromatic rings. The van der Waals surface area contributed by atoms with E-state index in [1.807, 2.05) is 6.07 Å². The number of aromatic nitrogens is 1. The minimum atomic E-state index is -4.75. The lowest BCUT2D eigenvalue weighted by Gasteiger charge is -2.40. The number of hydrogen-bond acceptors (Lipinski definition) is 7. The first-order valence-corrected chi connectivity index (χ1v) is 10.4. The molecule has 36 heavy (non-hydrogen) atoms. The van der Waals surface area contributed by atoms with Gasteiger partial charge in [0.05, 0.1) is 23.4 Å². The molecule has 1 unspecified atom stereocenters. The van der Waals surface area contributed by atoms with Crippen LogP contribution in [0.1, 0.15) is 46.1 Å². The summed E-state index contributed by atoms with van der Waals surface area (Å²) in [7, 11) is 1.33. The molecule has 0 spiro atoms. The minimum Gasteiger partial charge on any atom is -0.316 e. The summed E-state index contributed by atoms with van der Waals surface area (Å²) < 4.78 is 39.8. The van der Waals surface area contributed by atoms with Crippen molar-refractivity contribution in [1.82, 2.24) is 14.9 Å². The summed E-state index contributed by atoms with van der Waals surface area (Å²) in [6, 6.07) is 5.86. The molecule has 0 bridgehead atoms. The number of hydrazine groups is 1. The third kappa shape index (κ3) is 3.97. The van der Waals surface area contributed by atoms with E-state index in [-0.39, 0.29) is 63.7 Å². The fourth-order valence-electron chi connectivity index (χ4n) is 4.36. The molecule has 4 amide bonds. The summed E-state index contributed by atoms with van der Waals surface area (Å²) in [5, 5.41) is 9.53. The smallest absolute Gasteiger partial charge is 0.316 e. The summed E-state index contributed by atoms with van der Waals surface area (Å²) in [5.41, 5.74) is -1.03. The number of alkyl halides is 3. The van der Waals surface area contributed by atoms with Crippen LogP contribution in [0.4, 0.5) is 23.7 Å². The third-order valence-electron chi connectivity index (χ3n) is 5.97. The van der Waals surface area contributed by atoms with Crippen LogP contribution in [0.5, 0.6) is 0 Å². The van der Waals surface area contributed by atoms with Crippen molar-refractivity contribution in [2.24, 2.45) is 5.84 Å². The van der Waals surface area contributed by atoms with Gasteiger partial charge in [0.25, 0.3) is 5.91 Å². The van der Waals surface area contributed by atoms with E-state index < -0.39 is 29.9 Å². The number of carbonyl (C=O) groups is 4. The van der Waals surface area contributed by atoms with Crippen LogP contribution in [-0.2, 0) is 15.8 Å². The Labute approximate surface area is 202 Å². The van der Waals surface area contributed by atoms with Gasteiger partial charge in [-0.15, -0.1) is 0 Å². The molecular formula is C23H17F3N6O4. The quantitative estimate of drug-likeness (QED) is 0.296. The highest BCUT2D eigenvalue weighted by Crippen LogP contribution is 2.45. The Kier molecular flexibility index (Phi) is 6.07. The van der Waals surface area contributed by atoms with E-state index in [1.54, 1.807) is 0 Å². The van der Waals surface area contributed by atoms with E-state index in [1.165, 1.54) is 31.3 Å². The SMILES string of the molecule is CN1C(=O)N(c2ccnc(C(F)(F)F)c2)C2=C(C(=O)CC2)C1c1ccc(C#N)cc1C(=O)N(N)C=O. The van der Waals surface area contributed by atoms with Crippen molar-refractivity contribution in [2.45, 2.75) is 25.1 Å². The maximum atomic E-state index is 13.5. The van der Waals surface area contributed by atoms with Gasteiger partial charge in [0.15, 0.2) is 5.78 Å². The molecule has 0 fully saturated rings. The zero-order valence-electron chi connectivity index (χ0n) is 18.6. The summed E-state index contributed by atoms with van der Waals surface area (Å²) >= 11 is 0. The fraction of sp³-hybridized carbons (Fsp3) is 0.217. The Bertz CT molecular complexity index is 1380. The molecule has 0 saturated heterocycles. The molecule has 2 N–H and O–H groups in total. The van der Waals surface area contributed by atoms with Crippen LogP contribution in [0.3, 0.4) is 0 Å². The molecule has 1 aliphatic carbocycles. The van der Waals surface area contributed by atoms with Crippen LogP contribution in [0.25, 0.3) is 0 Å². The Balaban J connectivity index is 1.92. The molecule has 2 heterocycles. The third-order valence-corrected chi connectivity index (χ3v) is 5.97. The van der Waals surface area contributed by atoms with Crippen molar-refractivity contribution in [3.8, 4) is 6.07 Å². The van der Waals surface area contributed by atoms with Gasteiger partial charge in [-0.05, 0) is 36.2 Å². The Hall–Kier alpha value is -4.57. The lowest BCUT2D eigenvalue weighted by molar-refractivity contribution is -0.141. The maximum Gasteiger partial charge on any atom is 0.433 e. The standard InChI is InChI=1S/C23H17F3N6O4/c1-30-20(14-3-2-12(10-27)8-15(14)21(35)31(28)11-33)19-16(4-5-17(19)34)32(22(30)36)13-6-7-29-18(9-13)23(24,25)26/h2-3,6-9,11,20H,4-5,28H2,1H3. The van der Waals surface area contributed by atoms with Gasteiger partial charge in [-0.1, -0.05) is 6.07 Å². The summed E-state index contributed by atoms with van der Waals surface area (Å²) in [4.78, 5) is 55.9. The summed E-state index contributed by atoms with van der Waals surface area (Å²) in [6.45, 7) is 0. The van der Waals surface area contributed by atoms with Crippen LogP contribution in [-0.4, -0.2) is 46.1 Å². The number of rotatable bonds is 4. The lowest BCUT2D eigenvalue weighted by Crippen LogP contribution is -2.48. The zero-order chi connectivity index (χ0) is 26.4. The number of allylic oxidation sites excluding steroid dienone is 1. The van der Waals surface area contributed by atoms with Crippen molar-refractivity contribution in [3.05, 3.63) is 70.2 Å². The number of halogens is 3. The Morgan fingerprint density at radius 2 is 1.97 bits per heavy atom. The molecule has 2 aliphatic rings. The number of anilines is 1. The minimum absolute atomic E-state index is 0.00703. The number of urea groups is 1. The number of carbonyl (C=O) groups excluding carboxylic acids is 4. The molecule has 0 radical (unpaired) electrons. The van der Waals surface area contributed by atoms with Gasteiger partial charge in [-0.3, -0.25) is 24.3 Å². The Morgan fingerprint density at radius 1 is 1.25 bits per heavy atom. The number of pyridine rings is 1. The van der Waals surface area contributed by atoms with E-state index in [0.29, 0.717) is 6.07 Å². The highest BCUT2D eigenvalue weighted by atomic mass is 19.4. The average molecular weight is 498 g/mol. The lowest BCUT2D eigenvalue weighted by atomic mass is 9.89. The molecule has 4 rings (SSSR count). The van der Waals surface area contributed by atoms with Gasteiger partial charge in [-0.2, -0.15) is 18.4 Å². The predicted molar refractivity (Wildman–Crippen MR) is 116 cm³/mol. The van der Waals surface area contributed by atoms with Crippen molar-refractivity contribution in [1.29, 1.82) is 5.26 Å². The summed E-state index contributed by atoms with van der Waals surface area (Å²) in [5.74, 6) is 4.11. The number of imide groups is 1. The van der Waals surface area contributed by atoms with Crippen LogP contribution < -0.4 is 10.7 Å². The van der Waals surface area contributed by atoms with Crippen molar-refractivity contribution in [3.63, 3.8) is 0 Å². The molecule has 10 nitrogen and oxygen atoms in total. The predicted octanol–water partition coefficient (Wildman–Crippen LogP) is 2.67. The van der Waals surface area contributed by atoms with Crippen LogP contribution >= 0.6 is 0 Å². The zero-order valence-corrected chi connectivity index (χ0v) is 18.6.